The van der Waals surface area contributed by atoms with Crippen LogP contribution in [0, 0.1) is 0 Å². The number of benzene rings is 2. The molecule has 30 heavy (non-hydrogen) atoms. The van der Waals surface area contributed by atoms with Crippen molar-refractivity contribution in [1.82, 2.24) is 20.2 Å². The largest absolute Gasteiger partial charge is 0.308 e. The van der Waals surface area contributed by atoms with Gasteiger partial charge in [-0.25, -0.2) is 0 Å². The summed E-state index contributed by atoms with van der Waals surface area (Å²) in [5, 5.41) is 0. The van der Waals surface area contributed by atoms with Crippen LogP contribution in [0.4, 0.5) is 0 Å². The van der Waals surface area contributed by atoms with Gasteiger partial charge in [0.05, 0.1) is 18.8 Å². The summed E-state index contributed by atoms with van der Waals surface area (Å²) in [5.74, 6) is 0.0293. The fourth-order valence-corrected chi connectivity index (χ4v) is 4.17. The van der Waals surface area contributed by atoms with Crippen LogP contribution in [-0.4, -0.2) is 73.5 Å². The minimum absolute atomic E-state index is 0.0293. The van der Waals surface area contributed by atoms with Crippen molar-refractivity contribution in [2.24, 2.45) is 0 Å². The number of amides is 1. The van der Waals surface area contributed by atoms with Crippen LogP contribution in [0.1, 0.15) is 16.8 Å². The lowest BCUT2D eigenvalue weighted by Crippen LogP contribution is -2.49. The lowest BCUT2D eigenvalue weighted by atomic mass is 10.0. The molecular formula is C24H30N4O2. The van der Waals surface area contributed by atoms with Gasteiger partial charge in [-0.1, -0.05) is 42.5 Å². The summed E-state index contributed by atoms with van der Waals surface area (Å²) >= 11 is 0. The van der Waals surface area contributed by atoms with Crippen molar-refractivity contribution >= 4 is 5.91 Å². The minimum atomic E-state index is 0.0293. The molecule has 6 nitrogen and oxygen atoms in total. The third-order valence-corrected chi connectivity index (χ3v) is 5.92. The molecule has 0 radical (unpaired) electrons. The summed E-state index contributed by atoms with van der Waals surface area (Å²) in [6.45, 7) is 5.07. The van der Waals surface area contributed by atoms with E-state index in [1.54, 1.807) is 7.11 Å². The van der Waals surface area contributed by atoms with Gasteiger partial charge in [-0.15, -0.1) is 0 Å². The maximum Gasteiger partial charge on any atom is 0.258 e. The maximum atomic E-state index is 13.3. The summed E-state index contributed by atoms with van der Waals surface area (Å²) in [6, 6.07) is 18.2. The first-order valence-corrected chi connectivity index (χ1v) is 10.5. The molecule has 0 aromatic heterocycles. The standard InChI is InChI=1S/C24H30N4O2/c1-26-12-14-27(15-13-26)18-23-16-22(25-30-2)17-28(23)24(29)21-10-8-20(9-11-21)19-6-4-3-5-7-19/h3-11,17,23,25H,12-16,18H2,1-2H3/t23-/m0/s1. The van der Waals surface area contributed by atoms with Crippen LogP contribution < -0.4 is 5.48 Å². The number of nitrogens with zero attached hydrogens (tertiary/aromatic N) is 3. The zero-order valence-electron chi connectivity index (χ0n) is 17.8. The molecule has 0 bridgehead atoms. The van der Waals surface area contributed by atoms with Gasteiger partial charge in [-0.2, -0.15) is 0 Å². The summed E-state index contributed by atoms with van der Waals surface area (Å²) in [7, 11) is 3.76. The Kier molecular flexibility index (Phi) is 6.47. The lowest BCUT2D eigenvalue weighted by molar-refractivity contribution is 0.0717. The highest BCUT2D eigenvalue weighted by Gasteiger charge is 2.32. The van der Waals surface area contributed by atoms with Crippen LogP contribution >= 0.6 is 0 Å². The molecule has 2 aromatic carbocycles. The second-order valence-electron chi connectivity index (χ2n) is 8.08. The quantitative estimate of drug-likeness (QED) is 0.748. The highest BCUT2D eigenvalue weighted by molar-refractivity contribution is 5.96. The normalized spacial score (nSPS) is 20.3. The summed E-state index contributed by atoms with van der Waals surface area (Å²) in [5.41, 5.74) is 6.83. The average molecular weight is 407 g/mol. The Balaban J connectivity index is 1.49. The van der Waals surface area contributed by atoms with E-state index in [1.165, 1.54) is 0 Å². The fraction of sp³-hybridized carbons (Fsp3) is 0.375. The Morgan fingerprint density at radius 3 is 2.33 bits per heavy atom. The number of hydrogen-bond acceptors (Lipinski definition) is 5. The summed E-state index contributed by atoms with van der Waals surface area (Å²) < 4.78 is 0. The number of likely N-dealkylation sites (N-methyl/N-ethyl adjacent to an activating group) is 1. The topological polar surface area (TPSA) is 48.1 Å². The zero-order valence-corrected chi connectivity index (χ0v) is 17.8. The van der Waals surface area contributed by atoms with E-state index in [1.807, 2.05) is 53.6 Å². The van der Waals surface area contributed by atoms with Gasteiger partial charge < -0.3 is 9.80 Å². The zero-order chi connectivity index (χ0) is 20.9. The Morgan fingerprint density at radius 2 is 1.67 bits per heavy atom. The Hall–Kier alpha value is -2.67. The molecule has 1 fully saturated rings. The Bertz CT molecular complexity index is 874. The van der Waals surface area contributed by atoms with Crippen molar-refractivity contribution in [3.8, 4) is 11.1 Å². The molecule has 2 aliphatic rings. The predicted molar refractivity (Wildman–Crippen MR) is 119 cm³/mol. The first-order valence-electron chi connectivity index (χ1n) is 10.5. The van der Waals surface area contributed by atoms with Crippen LogP contribution in [0.3, 0.4) is 0 Å². The van der Waals surface area contributed by atoms with E-state index in [9.17, 15) is 4.79 Å². The van der Waals surface area contributed by atoms with Crippen LogP contribution in [0.15, 0.2) is 66.5 Å². The van der Waals surface area contributed by atoms with Gasteiger partial charge in [0.15, 0.2) is 0 Å². The maximum absolute atomic E-state index is 13.3. The number of piperazine rings is 1. The predicted octanol–water partition coefficient (Wildman–Crippen LogP) is 2.81. The van der Waals surface area contributed by atoms with E-state index in [4.69, 9.17) is 4.84 Å². The van der Waals surface area contributed by atoms with Crippen molar-refractivity contribution in [2.75, 3.05) is 46.9 Å². The van der Waals surface area contributed by atoms with Gasteiger partial charge in [-0.05, 0) is 30.3 Å². The molecule has 2 aliphatic heterocycles. The van der Waals surface area contributed by atoms with E-state index >= 15 is 0 Å². The fourth-order valence-electron chi connectivity index (χ4n) is 4.17. The van der Waals surface area contributed by atoms with Gasteiger partial charge in [0.25, 0.3) is 5.91 Å². The lowest BCUT2D eigenvalue weighted by Gasteiger charge is -2.35. The van der Waals surface area contributed by atoms with E-state index in [-0.39, 0.29) is 11.9 Å². The molecule has 1 N–H and O–H groups in total. The van der Waals surface area contributed by atoms with Crippen molar-refractivity contribution in [2.45, 2.75) is 12.5 Å². The number of carbonyl (C=O) groups is 1. The first-order chi connectivity index (χ1) is 14.6. The minimum Gasteiger partial charge on any atom is -0.308 e. The van der Waals surface area contributed by atoms with Crippen molar-refractivity contribution in [3.05, 3.63) is 72.1 Å². The highest BCUT2D eigenvalue weighted by Crippen LogP contribution is 2.25. The van der Waals surface area contributed by atoms with Gasteiger partial charge in [-0.3, -0.25) is 20.0 Å². The second-order valence-corrected chi connectivity index (χ2v) is 8.08. The van der Waals surface area contributed by atoms with Gasteiger partial charge in [0, 0.05) is 50.9 Å². The van der Waals surface area contributed by atoms with Gasteiger partial charge in [0.1, 0.15) is 0 Å². The third kappa shape index (κ3) is 4.73. The average Bonchev–Trinajstić information content (AvgIpc) is 3.18. The summed E-state index contributed by atoms with van der Waals surface area (Å²) in [4.78, 5) is 25.1. The molecule has 1 saturated heterocycles. The Morgan fingerprint density at radius 1 is 1.00 bits per heavy atom. The second kappa shape index (κ2) is 9.43. The number of rotatable bonds is 6. The molecule has 6 heteroatoms. The van der Waals surface area contributed by atoms with Crippen LogP contribution in [-0.2, 0) is 4.84 Å². The van der Waals surface area contributed by atoms with Gasteiger partial charge in [0.2, 0.25) is 0 Å². The number of carbonyl (C=O) groups excluding carboxylic acids is 1. The van der Waals surface area contributed by atoms with E-state index in [0.29, 0.717) is 5.56 Å². The van der Waals surface area contributed by atoms with Crippen molar-refractivity contribution in [1.29, 1.82) is 0 Å². The Labute approximate surface area is 178 Å². The molecule has 158 valence electrons. The van der Waals surface area contributed by atoms with Crippen LogP contribution in [0.2, 0.25) is 0 Å². The molecular weight excluding hydrogens is 376 g/mol. The van der Waals surface area contributed by atoms with Crippen LogP contribution in [0.25, 0.3) is 11.1 Å². The van der Waals surface area contributed by atoms with Crippen molar-refractivity contribution < 1.29 is 9.63 Å². The summed E-state index contributed by atoms with van der Waals surface area (Å²) in [6.07, 6.45) is 2.67. The number of hydroxylamine groups is 1. The van der Waals surface area contributed by atoms with Gasteiger partial charge >= 0.3 is 0 Å². The molecule has 0 aliphatic carbocycles. The molecule has 2 heterocycles. The molecule has 1 amide bonds. The van der Waals surface area contributed by atoms with E-state index < -0.39 is 0 Å². The molecule has 1 atom stereocenters. The highest BCUT2D eigenvalue weighted by atomic mass is 16.6. The molecule has 2 aromatic rings. The molecule has 0 spiro atoms. The van der Waals surface area contributed by atoms with Crippen LogP contribution in [0.5, 0.6) is 0 Å². The molecule has 0 unspecified atom stereocenters. The first kappa shape index (κ1) is 20.6. The van der Waals surface area contributed by atoms with E-state index in [0.717, 1.165) is 56.0 Å². The molecule has 0 saturated carbocycles. The van der Waals surface area contributed by atoms with Crippen molar-refractivity contribution in [3.63, 3.8) is 0 Å². The molecule has 4 rings (SSSR count). The number of hydrogen-bond donors (Lipinski definition) is 1. The third-order valence-electron chi connectivity index (χ3n) is 5.92. The van der Waals surface area contributed by atoms with E-state index in [2.05, 4.69) is 34.5 Å². The SMILES string of the molecule is CONC1=CN(C(=O)c2ccc(-c3ccccc3)cc2)[C@H](CN2CCN(C)CC2)C1. The monoisotopic (exact) mass is 406 g/mol. The smallest absolute Gasteiger partial charge is 0.258 e. The number of nitrogens with one attached hydrogen (secondary N) is 1.